The molecular formula is C25H34FN3O4S. The molecule has 1 saturated carbocycles. The second kappa shape index (κ2) is 10.6. The number of rotatable bonds is 11. The minimum Gasteiger partial charge on any atom is -0.376 e. The number of hydrogen-bond acceptors (Lipinski definition) is 5. The van der Waals surface area contributed by atoms with Gasteiger partial charge in [-0.25, -0.2) is 17.8 Å². The molecule has 2 fully saturated rings. The van der Waals surface area contributed by atoms with E-state index in [0.717, 1.165) is 25.7 Å². The summed E-state index contributed by atoms with van der Waals surface area (Å²) in [7, 11) is -3.92. The molecule has 1 atom stereocenters. The third-order valence-electron chi connectivity index (χ3n) is 6.36. The lowest BCUT2D eigenvalue weighted by Gasteiger charge is -2.25. The van der Waals surface area contributed by atoms with E-state index in [9.17, 15) is 17.6 Å². The van der Waals surface area contributed by atoms with Gasteiger partial charge in [0.25, 0.3) is 0 Å². The van der Waals surface area contributed by atoms with Crippen LogP contribution >= 0.6 is 0 Å². The second-order valence-corrected chi connectivity index (χ2v) is 11.8. The lowest BCUT2D eigenvalue weighted by molar-refractivity contribution is -0.133. The van der Waals surface area contributed by atoms with Crippen molar-refractivity contribution in [3.8, 4) is 0 Å². The average molecular weight is 492 g/mol. The van der Waals surface area contributed by atoms with Gasteiger partial charge in [-0.05, 0) is 43.6 Å². The van der Waals surface area contributed by atoms with Crippen LogP contribution in [0.25, 0.3) is 0 Å². The SMILES string of the molecule is CC(C)CC(=O)N(Cc1cnc(S(=O)(=O)Cc2ccccc2F)n1C[C@H]1CCCO1)CC1CC1. The largest absolute Gasteiger partial charge is 0.376 e. The molecule has 2 aliphatic rings. The minimum absolute atomic E-state index is 0.0718. The highest BCUT2D eigenvalue weighted by Crippen LogP contribution is 2.31. The minimum atomic E-state index is -3.92. The van der Waals surface area contributed by atoms with E-state index in [1.165, 1.54) is 18.2 Å². The number of benzene rings is 1. The van der Waals surface area contributed by atoms with Gasteiger partial charge < -0.3 is 14.2 Å². The van der Waals surface area contributed by atoms with Crippen molar-refractivity contribution in [2.45, 2.75) is 76.1 Å². The Morgan fingerprint density at radius 1 is 1.26 bits per heavy atom. The predicted octanol–water partition coefficient (Wildman–Crippen LogP) is 3.96. The van der Waals surface area contributed by atoms with Gasteiger partial charge in [0.05, 0.1) is 36.8 Å². The highest BCUT2D eigenvalue weighted by atomic mass is 32.2. The van der Waals surface area contributed by atoms with E-state index in [0.29, 0.717) is 44.3 Å². The zero-order chi connectivity index (χ0) is 24.3. The lowest BCUT2D eigenvalue weighted by Crippen LogP contribution is -2.34. The summed E-state index contributed by atoms with van der Waals surface area (Å²) in [5.74, 6) is -0.210. The van der Waals surface area contributed by atoms with Crippen LogP contribution in [0.15, 0.2) is 35.6 Å². The van der Waals surface area contributed by atoms with Crippen molar-refractivity contribution in [2.24, 2.45) is 11.8 Å². The number of ether oxygens (including phenoxy) is 1. The van der Waals surface area contributed by atoms with Crippen molar-refractivity contribution in [2.75, 3.05) is 13.2 Å². The number of carbonyl (C=O) groups excluding carboxylic acids is 1. The summed E-state index contributed by atoms with van der Waals surface area (Å²) in [6, 6.07) is 5.88. The molecular weight excluding hydrogens is 457 g/mol. The fraction of sp³-hybridized carbons (Fsp3) is 0.600. The molecule has 1 aromatic carbocycles. The van der Waals surface area contributed by atoms with E-state index in [-0.39, 0.29) is 28.6 Å². The molecule has 1 amide bonds. The first kappa shape index (κ1) is 24.9. The Morgan fingerprint density at radius 3 is 2.68 bits per heavy atom. The Labute approximate surface area is 201 Å². The molecule has 1 aliphatic heterocycles. The van der Waals surface area contributed by atoms with Gasteiger partial charge in [0, 0.05) is 25.1 Å². The van der Waals surface area contributed by atoms with Gasteiger partial charge in [0.15, 0.2) is 0 Å². The fourth-order valence-corrected chi connectivity index (χ4v) is 5.89. The molecule has 1 aromatic heterocycles. The molecule has 0 unspecified atom stereocenters. The van der Waals surface area contributed by atoms with Crippen molar-refractivity contribution in [1.29, 1.82) is 0 Å². The summed E-state index contributed by atoms with van der Waals surface area (Å²) >= 11 is 0. The summed E-state index contributed by atoms with van der Waals surface area (Å²) < 4.78 is 48.3. The second-order valence-electron chi connectivity index (χ2n) is 9.94. The zero-order valence-corrected chi connectivity index (χ0v) is 20.8. The normalized spacial score (nSPS) is 18.5. The Hall–Kier alpha value is -2.26. The molecule has 0 spiro atoms. The van der Waals surface area contributed by atoms with Crippen LogP contribution in [0.3, 0.4) is 0 Å². The predicted molar refractivity (Wildman–Crippen MR) is 126 cm³/mol. The van der Waals surface area contributed by atoms with E-state index in [4.69, 9.17) is 4.74 Å². The Bertz CT molecular complexity index is 1110. The van der Waals surface area contributed by atoms with Crippen LogP contribution < -0.4 is 0 Å². The molecule has 2 heterocycles. The van der Waals surface area contributed by atoms with Gasteiger partial charge in [0.2, 0.25) is 20.9 Å². The van der Waals surface area contributed by atoms with Crippen LogP contribution in [0.2, 0.25) is 0 Å². The molecule has 1 aliphatic carbocycles. The Morgan fingerprint density at radius 2 is 2.03 bits per heavy atom. The monoisotopic (exact) mass is 491 g/mol. The van der Waals surface area contributed by atoms with Crippen molar-refractivity contribution >= 4 is 15.7 Å². The van der Waals surface area contributed by atoms with E-state index < -0.39 is 21.4 Å². The Kier molecular flexibility index (Phi) is 7.72. The topological polar surface area (TPSA) is 81.5 Å². The number of halogens is 1. The average Bonchev–Trinajstić information content (AvgIpc) is 3.26. The first-order valence-electron chi connectivity index (χ1n) is 12.1. The number of hydrogen-bond donors (Lipinski definition) is 0. The van der Waals surface area contributed by atoms with E-state index in [1.807, 2.05) is 18.7 Å². The summed E-state index contributed by atoms with van der Waals surface area (Å²) in [5, 5.41) is -0.0936. The molecule has 7 nitrogen and oxygen atoms in total. The van der Waals surface area contributed by atoms with Crippen molar-refractivity contribution < 1.29 is 22.3 Å². The molecule has 0 bridgehead atoms. The number of amides is 1. The summed E-state index contributed by atoms with van der Waals surface area (Å²) in [6.07, 6.45) is 5.87. The molecule has 2 aromatic rings. The van der Waals surface area contributed by atoms with E-state index in [2.05, 4.69) is 4.98 Å². The van der Waals surface area contributed by atoms with Crippen LogP contribution in [0, 0.1) is 17.7 Å². The first-order chi connectivity index (χ1) is 16.2. The van der Waals surface area contributed by atoms with Gasteiger partial charge >= 0.3 is 0 Å². The van der Waals surface area contributed by atoms with Crippen LogP contribution in [0.5, 0.6) is 0 Å². The highest BCUT2D eigenvalue weighted by molar-refractivity contribution is 7.90. The smallest absolute Gasteiger partial charge is 0.228 e. The summed E-state index contributed by atoms with van der Waals surface area (Å²) in [4.78, 5) is 19.1. The number of nitrogens with zero attached hydrogens (tertiary/aromatic N) is 3. The molecule has 186 valence electrons. The maximum atomic E-state index is 14.2. The number of imidazole rings is 1. The van der Waals surface area contributed by atoms with Gasteiger partial charge in [-0.1, -0.05) is 32.0 Å². The number of carbonyl (C=O) groups is 1. The van der Waals surface area contributed by atoms with Crippen molar-refractivity contribution in [3.05, 3.63) is 47.5 Å². The van der Waals surface area contributed by atoms with Crippen molar-refractivity contribution in [3.63, 3.8) is 0 Å². The standard InChI is InChI=1S/C25H34FN3O4S/c1-18(2)12-24(30)28(14-19-9-10-19)15-21-13-27-25(29(21)16-22-7-5-11-33-22)34(31,32)17-20-6-3-4-8-23(20)26/h3-4,6,8,13,18-19,22H,5,7,9-12,14-17H2,1-2H3/t22-/m1/s1. The first-order valence-corrected chi connectivity index (χ1v) is 13.8. The maximum Gasteiger partial charge on any atom is 0.228 e. The number of sulfone groups is 1. The van der Waals surface area contributed by atoms with Gasteiger partial charge in [-0.3, -0.25) is 4.79 Å². The molecule has 9 heteroatoms. The lowest BCUT2D eigenvalue weighted by atomic mass is 10.1. The van der Waals surface area contributed by atoms with Crippen LogP contribution in [-0.4, -0.2) is 48.0 Å². The van der Waals surface area contributed by atoms with Crippen molar-refractivity contribution in [1.82, 2.24) is 14.5 Å². The zero-order valence-electron chi connectivity index (χ0n) is 20.0. The highest BCUT2D eigenvalue weighted by Gasteiger charge is 2.31. The Balaban J connectivity index is 1.64. The maximum absolute atomic E-state index is 14.2. The third kappa shape index (κ3) is 6.24. The van der Waals surface area contributed by atoms with Crippen LogP contribution in [-0.2, 0) is 38.2 Å². The quantitative estimate of drug-likeness (QED) is 0.475. The van der Waals surface area contributed by atoms with Crippen LogP contribution in [0.4, 0.5) is 4.39 Å². The van der Waals surface area contributed by atoms with Crippen LogP contribution in [0.1, 0.15) is 57.2 Å². The number of aromatic nitrogens is 2. The molecule has 0 radical (unpaired) electrons. The molecule has 4 rings (SSSR count). The van der Waals surface area contributed by atoms with E-state index in [1.54, 1.807) is 16.8 Å². The summed E-state index contributed by atoms with van der Waals surface area (Å²) in [5.41, 5.74) is 0.776. The summed E-state index contributed by atoms with van der Waals surface area (Å²) in [6.45, 7) is 6.00. The third-order valence-corrected chi connectivity index (χ3v) is 7.93. The van der Waals surface area contributed by atoms with Gasteiger partial charge in [-0.2, -0.15) is 0 Å². The molecule has 1 saturated heterocycles. The fourth-order valence-electron chi connectivity index (χ4n) is 4.38. The molecule has 34 heavy (non-hydrogen) atoms. The van der Waals surface area contributed by atoms with E-state index >= 15 is 0 Å². The van der Waals surface area contributed by atoms with Gasteiger partial charge in [0.1, 0.15) is 5.82 Å². The molecule has 0 N–H and O–H groups in total. The van der Waals surface area contributed by atoms with Gasteiger partial charge in [-0.15, -0.1) is 0 Å².